The molecule has 0 rings (SSSR count). The Morgan fingerprint density at radius 3 is 0.500 bits per heavy atom. The lowest BCUT2D eigenvalue weighted by Crippen LogP contribution is -2.27. The van der Waals surface area contributed by atoms with Crippen molar-refractivity contribution in [3.8, 4) is 0 Å². The molecule has 0 saturated heterocycles. The third-order valence-electron chi connectivity index (χ3n) is 7.97. The molecule has 2 heteroatoms. The Kier molecular flexibility index (Phi) is 38.9. The third kappa shape index (κ3) is 33.9. The van der Waals surface area contributed by atoms with Crippen LogP contribution in [0.3, 0.4) is 0 Å². The van der Waals surface area contributed by atoms with Gasteiger partial charge in [-0.2, -0.15) is 0 Å². The van der Waals surface area contributed by atoms with Crippen LogP contribution >= 0.6 is 0 Å². The summed E-state index contributed by atoms with van der Waals surface area (Å²) in [6, 6.07) is 0. The van der Waals surface area contributed by atoms with Gasteiger partial charge < -0.3 is 9.80 Å². The molecule has 0 aromatic rings. The number of rotatable bonds is 30. The molecule has 0 atom stereocenters. The van der Waals surface area contributed by atoms with Gasteiger partial charge in [0.2, 0.25) is 0 Å². The number of hydrogen-bond acceptors (Lipinski definition) is 2. The second-order valence-electron chi connectivity index (χ2n) is 12.0. The van der Waals surface area contributed by atoms with Crippen molar-refractivity contribution in [2.75, 3.05) is 39.3 Å². The van der Waals surface area contributed by atoms with Gasteiger partial charge in [-0.3, -0.25) is 0 Å². The smallest absolute Gasteiger partial charge is 0.00187 e. The van der Waals surface area contributed by atoms with Crippen LogP contribution in [0, 0.1) is 0 Å². The molecule has 0 unspecified atom stereocenters. The van der Waals surface area contributed by atoms with Gasteiger partial charge in [0.15, 0.2) is 0 Å². The summed E-state index contributed by atoms with van der Waals surface area (Å²) in [6.07, 6.45) is 33.7. The van der Waals surface area contributed by atoms with Crippen LogP contribution in [0.2, 0.25) is 0 Å². The maximum atomic E-state index is 2.74. The highest BCUT2D eigenvalue weighted by Crippen LogP contribution is 2.09. The zero-order chi connectivity index (χ0) is 28.4. The van der Waals surface area contributed by atoms with Crippen molar-refractivity contribution in [2.24, 2.45) is 0 Å². The number of nitrogens with zero attached hydrogens (tertiary/aromatic N) is 2. The Morgan fingerprint density at radius 2 is 0.368 bits per heavy atom. The second kappa shape index (κ2) is 36.9. The van der Waals surface area contributed by atoms with E-state index in [0.717, 1.165) is 0 Å². The fraction of sp³-hybridized carbons (Fsp3) is 1.00. The van der Waals surface area contributed by atoms with Crippen molar-refractivity contribution < 1.29 is 0 Å². The van der Waals surface area contributed by atoms with E-state index in [1.54, 1.807) is 0 Å². The Balaban J connectivity index is 0. The first-order valence-electron chi connectivity index (χ1n) is 18.1. The molecule has 0 saturated carbocycles. The van der Waals surface area contributed by atoms with Gasteiger partial charge in [0.05, 0.1) is 0 Å². The molecular weight excluding hydrogens is 460 g/mol. The van der Waals surface area contributed by atoms with Crippen LogP contribution in [0.4, 0.5) is 0 Å². The normalized spacial score (nSPS) is 11.4. The standard InChI is InChI=1S/2C18H39N/c2*1-4-7-10-13-16-19(17-14-11-8-5-2)18-15-12-9-6-3/h2*4-18H2,1-3H3. The molecule has 2 nitrogen and oxygen atoms in total. The minimum Gasteiger partial charge on any atom is -0.303 e. The minimum atomic E-state index is 1.35. The van der Waals surface area contributed by atoms with E-state index in [0.29, 0.717) is 0 Å². The molecule has 0 radical (unpaired) electrons. The Hall–Kier alpha value is -0.0800. The number of hydrogen-bond donors (Lipinski definition) is 0. The van der Waals surface area contributed by atoms with Gasteiger partial charge in [-0.25, -0.2) is 0 Å². The van der Waals surface area contributed by atoms with Crippen LogP contribution in [0.1, 0.15) is 196 Å². The molecular formula is C36H78N2. The van der Waals surface area contributed by atoms with Crippen molar-refractivity contribution in [3.05, 3.63) is 0 Å². The van der Waals surface area contributed by atoms with Crippen LogP contribution in [0.15, 0.2) is 0 Å². The van der Waals surface area contributed by atoms with Crippen molar-refractivity contribution >= 4 is 0 Å². The van der Waals surface area contributed by atoms with Gasteiger partial charge in [-0.05, 0) is 77.8 Å². The van der Waals surface area contributed by atoms with Crippen molar-refractivity contribution in [1.82, 2.24) is 9.80 Å². The van der Waals surface area contributed by atoms with E-state index in [9.17, 15) is 0 Å². The summed E-state index contributed by atoms with van der Waals surface area (Å²) in [7, 11) is 0. The summed E-state index contributed by atoms with van der Waals surface area (Å²) in [5, 5.41) is 0. The summed E-state index contributed by atoms with van der Waals surface area (Å²) in [4.78, 5) is 5.47. The van der Waals surface area contributed by atoms with Crippen molar-refractivity contribution in [1.29, 1.82) is 0 Å². The molecule has 0 aliphatic heterocycles. The van der Waals surface area contributed by atoms with Gasteiger partial charge in [0, 0.05) is 0 Å². The van der Waals surface area contributed by atoms with Crippen LogP contribution in [-0.4, -0.2) is 49.1 Å². The molecule has 0 fully saturated rings. The largest absolute Gasteiger partial charge is 0.303 e. The first kappa shape index (κ1) is 40.1. The first-order valence-corrected chi connectivity index (χ1v) is 18.1. The summed E-state index contributed by atoms with van der Waals surface area (Å²) < 4.78 is 0. The lowest BCUT2D eigenvalue weighted by molar-refractivity contribution is 0.255. The topological polar surface area (TPSA) is 6.48 Å². The van der Waals surface area contributed by atoms with E-state index in [4.69, 9.17) is 0 Å². The molecule has 0 aliphatic carbocycles. The summed E-state index contributed by atoms with van der Waals surface area (Å²) >= 11 is 0. The fourth-order valence-corrected chi connectivity index (χ4v) is 5.24. The van der Waals surface area contributed by atoms with Gasteiger partial charge >= 0.3 is 0 Å². The average molecular weight is 539 g/mol. The summed E-state index contributed by atoms with van der Waals surface area (Å²) in [5.74, 6) is 0. The van der Waals surface area contributed by atoms with Crippen LogP contribution in [0.25, 0.3) is 0 Å². The molecule has 0 bridgehead atoms. The lowest BCUT2D eigenvalue weighted by Gasteiger charge is -2.22. The molecule has 0 N–H and O–H groups in total. The van der Waals surface area contributed by atoms with Crippen molar-refractivity contribution in [3.63, 3.8) is 0 Å². The Morgan fingerprint density at radius 1 is 0.211 bits per heavy atom. The average Bonchev–Trinajstić information content (AvgIpc) is 2.93. The minimum absolute atomic E-state index is 1.35. The van der Waals surface area contributed by atoms with E-state index < -0.39 is 0 Å². The van der Waals surface area contributed by atoms with E-state index in [1.807, 2.05) is 0 Å². The first-order chi connectivity index (χ1) is 18.7. The maximum Gasteiger partial charge on any atom is -0.00187 e. The molecule has 38 heavy (non-hydrogen) atoms. The van der Waals surface area contributed by atoms with Gasteiger partial charge in [0.1, 0.15) is 0 Å². The van der Waals surface area contributed by atoms with E-state index in [-0.39, 0.29) is 0 Å². The van der Waals surface area contributed by atoms with E-state index in [2.05, 4.69) is 51.3 Å². The molecule has 0 heterocycles. The van der Waals surface area contributed by atoms with Gasteiger partial charge in [-0.1, -0.05) is 157 Å². The lowest BCUT2D eigenvalue weighted by atomic mass is 10.1. The van der Waals surface area contributed by atoms with E-state index in [1.165, 1.54) is 193 Å². The highest BCUT2D eigenvalue weighted by Gasteiger charge is 2.05. The van der Waals surface area contributed by atoms with Crippen LogP contribution in [-0.2, 0) is 0 Å². The summed E-state index contributed by atoms with van der Waals surface area (Å²) in [5.41, 5.74) is 0. The van der Waals surface area contributed by atoms with Crippen LogP contribution in [0.5, 0.6) is 0 Å². The molecule has 232 valence electrons. The maximum absolute atomic E-state index is 2.74. The quantitative estimate of drug-likeness (QED) is 0.0839. The monoisotopic (exact) mass is 539 g/mol. The molecule has 0 aromatic carbocycles. The van der Waals surface area contributed by atoms with Crippen LogP contribution < -0.4 is 0 Å². The predicted octanol–water partition coefficient (Wildman–Crippen LogP) is 12.1. The zero-order valence-electron chi connectivity index (χ0n) is 28.1. The van der Waals surface area contributed by atoms with Crippen molar-refractivity contribution in [2.45, 2.75) is 196 Å². The molecule has 0 aromatic heterocycles. The summed E-state index contributed by atoms with van der Waals surface area (Å²) in [6.45, 7) is 21.9. The predicted molar refractivity (Wildman–Crippen MR) is 178 cm³/mol. The highest BCUT2D eigenvalue weighted by molar-refractivity contribution is 4.61. The van der Waals surface area contributed by atoms with E-state index >= 15 is 0 Å². The second-order valence-corrected chi connectivity index (χ2v) is 12.0. The highest BCUT2D eigenvalue weighted by atomic mass is 15.1. The third-order valence-corrected chi connectivity index (χ3v) is 7.97. The van der Waals surface area contributed by atoms with Gasteiger partial charge in [0.25, 0.3) is 0 Å². The molecule has 0 aliphatic rings. The number of unbranched alkanes of at least 4 members (excludes halogenated alkanes) is 18. The Bertz CT molecular complexity index is 290. The zero-order valence-corrected chi connectivity index (χ0v) is 28.1. The molecule has 0 amide bonds. The fourth-order valence-electron chi connectivity index (χ4n) is 5.24. The Labute approximate surface area is 244 Å². The van der Waals surface area contributed by atoms with Gasteiger partial charge in [-0.15, -0.1) is 0 Å². The molecule has 0 spiro atoms. The SMILES string of the molecule is CCCCCCN(CCCCCC)CCCCCC.CCCCCCN(CCCCCC)CCCCCC.